The van der Waals surface area contributed by atoms with Crippen LogP contribution in [0.25, 0.3) is 16.6 Å². The maximum absolute atomic E-state index is 14.2. The molecule has 2 aromatic carbocycles. The minimum Gasteiger partial charge on any atom is -0.378 e. The van der Waals surface area contributed by atoms with Crippen molar-refractivity contribution >= 4 is 29.0 Å². The monoisotopic (exact) mass is 427 g/mol. The third-order valence-corrected chi connectivity index (χ3v) is 5.86. The van der Waals surface area contributed by atoms with Crippen LogP contribution >= 0.6 is 12.2 Å². The van der Waals surface area contributed by atoms with Gasteiger partial charge in [-0.3, -0.25) is 9.59 Å². The zero-order valence-electron chi connectivity index (χ0n) is 16.7. The molecule has 3 aromatic rings. The Bertz CT molecular complexity index is 1230. The van der Waals surface area contributed by atoms with E-state index in [1.807, 2.05) is 6.92 Å². The van der Waals surface area contributed by atoms with Crippen molar-refractivity contribution in [3.05, 3.63) is 69.0 Å². The van der Waals surface area contributed by atoms with Gasteiger partial charge in [-0.15, -0.1) is 0 Å². The van der Waals surface area contributed by atoms with E-state index in [1.165, 1.54) is 12.1 Å². The Labute approximate surface area is 177 Å². The summed E-state index contributed by atoms with van der Waals surface area (Å²) in [5.41, 5.74) is 0.542. The fraction of sp³-hybridized carbons (Fsp3) is 0.318. The molecule has 0 radical (unpaired) electrons. The number of carbonyl (C=O) groups excluding carboxylic acids is 1. The summed E-state index contributed by atoms with van der Waals surface area (Å²) in [5, 5.41) is 0.325. The molecule has 1 amide bonds. The van der Waals surface area contributed by atoms with Crippen LogP contribution in [0.3, 0.4) is 0 Å². The Morgan fingerprint density at radius 1 is 1.30 bits per heavy atom. The van der Waals surface area contributed by atoms with Crippen LogP contribution in [0.2, 0.25) is 0 Å². The Morgan fingerprint density at radius 3 is 2.73 bits per heavy atom. The number of carbonyl (C=O) groups is 1. The van der Waals surface area contributed by atoms with Gasteiger partial charge in [0.2, 0.25) is 0 Å². The third kappa shape index (κ3) is 3.57. The number of nitrogens with zero attached hydrogens (tertiary/aromatic N) is 2. The number of ether oxygens (including phenoxy) is 1. The number of para-hydroxylation sites is 1. The summed E-state index contributed by atoms with van der Waals surface area (Å²) in [7, 11) is 1.78. The summed E-state index contributed by atoms with van der Waals surface area (Å²) in [6.45, 7) is 2.63. The van der Waals surface area contributed by atoms with Crippen molar-refractivity contribution in [2.45, 2.75) is 31.9 Å². The average Bonchev–Trinajstić information content (AvgIpc) is 2.70. The lowest BCUT2D eigenvalue weighted by atomic mass is 9.87. The highest BCUT2D eigenvalue weighted by Crippen LogP contribution is 2.28. The van der Waals surface area contributed by atoms with E-state index in [4.69, 9.17) is 17.0 Å². The molecule has 6 nitrogen and oxygen atoms in total. The SMILES string of the molecule is CCOC1CC(N(C)C(=O)c2ccc3c(=O)n(-c4ccccc4F)c(=S)[nH]c3c2)C1. The Hall–Kier alpha value is -2.84. The first kappa shape index (κ1) is 20.4. The van der Waals surface area contributed by atoms with E-state index in [2.05, 4.69) is 4.98 Å². The molecule has 4 rings (SSSR count). The molecule has 1 heterocycles. The van der Waals surface area contributed by atoms with Gasteiger partial charge in [-0.1, -0.05) is 12.1 Å². The van der Waals surface area contributed by atoms with E-state index < -0.39 is 11.4 Å². The second kappa shape index (κ2) is 8.12. The number of amides is 1. The molecular weight excluding hydrogens is 405 g/mol. The number of hydrogen-bond acceptors (Lipinski definition) is 4. The van der Waals surface area contributed by atoms with Gasteiger partial charge in [-0.2, -0.15) is 0 Å². The van der Waals surface area contributed by atoms with Crippen molar-refractivity contribution in [3.8, 4) is 5.69 Å². The second-order valence-corrected chi connectivity index (χ2v) is 7.79. The van der Waals surface area contributed by atoms with E-state index in [0.717, 1.165) is 17.4 Å². The fourth-order valence-electron chi connectivity index (χ4n) is 3.80. The van der Waals surface area contributed by atoms with E-state index >= 15 is 0 Å². The highest BCUT2D eigenvalue weighted by Gasteiger charge is 2.34. The summed E-state index contributed by atoms with van der Waals surface area (Å²) in [6.07, 6.45) is 1.85. The number of halogens is 1. The van der Waals surface area contributed by atoms with Crippen LogP contribution in [0, 0.1) is 10.6 Å². The molecule has 0 unspecified atom stereocenters. The first-order valence-corrected chi connectivity index (χ1v) is 10.2. The van der Waals surface area contributed by atoms with E-state index in [-0.39, 0.29) is 28.5 Å². The van der Waals surface area contributed by atoms with Crippen LogP contribution in [-0.4, -0.2) is 46.2 Å². The standard InChI is InChI=1S/C22H22FN3O3S/c1-3-29-15-11-14(12-15)25(2)20(27)13-8-9-16-18(10-13)24-22(30)26(21(16)28)19-7-5-4-6-17(19)23/h4-10,14-15H,3,11-12H2,1-2H3,(H,24,30). The highest BCUT2D eigenvalue weighted by atomic mass is 32.1. The fourth-order valence-corrected chi connectivity index (χ4v) is 4.09. The maximum atomic E-state index is 14.2. The molecule has 30 heavy (non-hydrogen) atoms. The van der Waals surface area contributed by atoms with Crippen molar-refractivity contribution in [2.75, 3.05) is 13.7 Å². The topological polar surface area (TPSA) is 67.3 Å². The second-order valence-electron chi connectivity index (χ2n) is 7.40. The molecule has 1 saturated carbocycles. The van der Waals surface area contributed by atoms with Gasteiger partial charge in [-0.05, 0) is 62.3 Å². The zero-order valence-corrected chi connectivity index (χ0v) is 17.5. The number of aromatic nitrogens is 2. The summed E-state index contributed by atoms with van der Waals surface area (Å²) < 4.78 is 21.0. The highest BCUT2D eigenvalue weighted by molar-refractivity contribution is 7.71. The summed E-state index contributed by atoms with van der Waals surface area (Å²) in [5.74, 6) is -0.674. The van der Waals surface area contributed by atoms with Crippen LogP contribution in [0.5, 0.6) is 0 Å². The first-order chi connectivity index (χ1) is 14.4. The lowest BCUT2D eigenvalue weighted by Gasteiger charge is -2.40. The van der Waals surface area contributed by atoms with Crippen molar-refractivity contribution in [3.63, 3.8) is 0 Å². The van der Waals surface area contributed by atoms with Crippen molar-refractivity contribution in [1.29, 1.82) is 0 Å². The van der Waals surface area contributed by atoms with Gasteiger partial charge in [0.15, 0.2) is 4.77 Å². The molecule has 1 N–H and O–H groups in total. The molecular formula is C22H22FN3O3S. The van der Waals surface area contributed by atoms with E-state index in [0.29, 0.717) is 23.1 Å². The number of nitrogens with one attached hydrogen (secondary N) is 1. The molecule has 8 heteroatoms. The normalized spacial score (nSPS) is 18.2. The van der Waals surface area contributed by atoms with Gasteiger partial charge in [0.1, 0.15) is 5.82 Å². The maximum Gasteiger partial charge on any atom is 0.266 e. The van der Waals surface area contributed by atoms with Crippen molar-refractivity contribution in [1.82, 2.24) is 14.5 Å². The number of hydrogen-bond donors (Lipinski definition) is 1. The average molecular weight is 428 g/mol. The zero-order chi connectivity index (χ0) is 21.4. The number of rotatable bonds is 5. The quantitative estimate of drug-likeness (QED) is 0.629. The number of H-pyrrole nitrogens is 1. The van der Waals surface area contributed by atoms with Crippen LogP contribution in [-0.2, 0) is 4.74 Å². The van der Waals surface area contributed by atoms with Gasteiger partial charge in [-0.25, -0.2) is 8.96 Å². The van der Waals surface area contributed by atoms with Gasteiger partial charge in [0.05, 0.1) is 22.7 Å². The lowest BCUT2D eigenvalue weighted by Crippen LogP contribution is -2.48. The Balaban J connectivity index is 1.67. The predicted molar refractivity (Wildman–Crippen MR) is 115 cm³/mol. The molecule has 0 aliphatic heterocycles. The Morgan fingerprint density at radius 2 is 2.03 bits per heavy atom. The van der Waals surface area contributed by atoms with E-state index in [1.54, 1.807) is 42.3 Å². The van der Waals surface area contributed by atoms with Crippen LogP contribution < -0.4 is 5.56 Å². The molecule has 1 aliphatic carbocycles. The van der Waals surface area contributed by atoms with E-state index in [9.17, 15) is 14.0 Å². The van der Waals surface area contributed by atoms with Crippen molar-refractivity contribution in [2.24, 2.45) is 0 Å². The molecule has 0 bridgehead atoms. The van der Waals surface area contributed by atoms with Gasteiger partial charge < -0.3 is 14.6 Å². The van der Waals surface area contributed by atoms with Crippen molar-refractivity contribution < 1.29 is 13.9 Å². The molecule has 1 fully saturated rings. The minimum atomic E-state index is -0.544. The van der Waals surface area contributed by atoms with Crippen LogP contribution in [0.1, 0.15) is 30.1 Å². The number of aromatic amines is 1. The lowest BCUT2D eigenvalue weighted by molar-refractivity contribution is -0.0344. The number of fused-ring (bicyclic) bond motifs is 1. The molecule has 156 valence electrons. The van der Waals surface area contributed by atoms with Gasteiger partial charge in [0, 0.05) is 25.3 Å². The summed E-state index contributed by atoms with van der Waals surface area (Å²) in [4.78, 5) is 30.6. The molecule has 0 saturated heterocycles. The largest absolute Gasteiger partial charge is 0.378 e. The molecule has 1 aliphatic rings. The number of benzene rings is 2. The first-order valence-electron chi connectivity index (χ1n) is 9.83. The molecule has 0 atom stereocenters. The van der Waals surface area contributed by atoms with Gasteiger partial charge in [0.25, 0.3) is 11.5 Å². The van der Waals surface area contributed by atoms with Crippen LogP contribution in [0.15, 0.2) is 47.3 Å². The molecule has 0 spiro atoms. The minimum absolute atomic E-state index is 0.0640. The summed E-state index contributed by atoms with van der Waals surface area (Å²) in [6, 6.07) is 10.9. The Kier molecular flexibility index (Phi) is 5.53. The molecule has 1 aromatic heterocycles. The van der Waals surface area contributed by atoms with Crippen LogP contribution in [0.4, 0.5) is 4.39 Å². The van der Waals surface area contributed by atoms with Gasteiger partial charge >= 0.3 is 0 Å². The smallest absolute Gasteiger partial charge is 0.266 e. The predicted octanol–water partition coefficient (Wildman–Crippen LogP) is 3.83. The summed E-state index contributed by atoms with van der Waals surface area (Å²) >= 11 is 5.31. The third-order valence-electron chi connectivity index (χ3n) is 5.58.